The molecule has 0 aliphatic carbocycles. The van der Waals surface area contributed by atoms with Crippen LogP contribution < -0.4 is 5.32 Å². The molecule has 19 heavy (non-hydrogen) atoms. The number of likely N-dealkylation sites (N-methyl/N-ethyl adjacent to an activating group) is 1. The third kappa shape index (κ3) is 6.94. The molecular formula is C15H24N2O2. The lowest BCUT2D eigenvalue weighted by Gasteiger charge is -2.17. The number of amides is 1. The van der Waals surface area contributed by atoms with Gasteiger partial charge in [0.15, 0.2) is 0 Å². The van der Waals surface area contributed by atoms with Gasteiger partial charge in [0.25, 0.3) is 0 Å². The number of nitrogens with one attached hydrogen (secondary N) is 1. The van der Waals surface area contributed by atoms with E-state index in [0.717, 1.165) is 13.0 Å². The maximum Gasteiger partial charge on any atom is 0.234 e. The number of hydrogen-bond donors (Lipinski definition) is 2. The fourth-order valence-corrected chi connectivity index (χ4v) is 1.86. The summed E-state index contributed by atoms with van der Waals surface area (Å²) in [6.45, 7) is 3.97. The summed E-state index contributed by atoms with van der Waals surface area (Å²) in [5.74, 6) is 0.344. The average Bonchev–Trinajstić information content (AvgIpc) is 2.38. The first-order chi connectivity index (χ1) is 9.11. The molecule has 1 aromatic rings. The van der Waals surface area contributed by atoms with E-state index in [1.54, 1.807) is 0 Å². The van der Waals surface area contributed by atoms with E-state index in [9.17, 15) is 4.79 Å². The van der Waals surface area contributed by atoms with E-state index in [4.69, 9.17) is 5.11 Å². The second-order valence-electron chi connectivity index (χ2n) is 5.08. The molecule has 1 amide bonds. The van der Waals surface area contributed by atoms with Crippen LogP contribution in [-0.4, -0.2) is 42.7 Å². The first kappa shape index (κ1) is 15.7. The van der Waals surface area contributed by atoms with Crippen LogP contribution in [0.25, 0.3) is 0 Å². The fourth-order valence-electron chi connectivity index (χ4n) is 1.86. The summed E-state index contributed by atoms with van der Waals surface area (Å²) in [6.07, 6.45) is 0.722. The zero-order valence-electron chi connectivity index (χ0n) is 11.8. The molecule has 0 heterocycles. The predicted octanol–water partition coefficient (Wildman–Crippen LogP) is 1.25. The van der Waals surface area contributed by atoms with Crippen molar-refractivity contribution in [2.75, 3.05) is 26.7 Å². The van der Waals surface area contributed by atoms with Crippen molar-refractivity contribution < 1.29 is 9.90 Å². The van der Waals surface area contributed by atoms with Crippen LogP contribution in [0.4, 0.5) is 0 Å². The van der Waals surface area contributed by atoms with Crippen molar-refractivity contribution in [1.82, 2.24) is 10.2 Å². The zero-order chi connectivity index (χ0) is 14.1. The van der Waals surface area contributed by atoms with E-state index in [1.807, 2.05) is 37.1 Å². The maximum absolute atomic E-state index is 11.7. The van der Waals surface area contributed by atoms with Crippen molar-refractivity contribution in [2.24, 2.45) is 5.92 Å². The number of nitrogens with zero attached hydrogens (tertiary/aromatic N) is 1. The highest BCUT2D eigenvalue weighted by Crippen LogP contribution is 2.02. The number of carbonyl (C=O) groups excluding carboxylic acids is 1. The summed E-state index contributed by atoms with van der Waals surface area (Å²) in [5, 5.41) is 11.7. The van der Waals surface area contributed by atoms with Crippen LogP contribution in [0.1, 0.15) is 18.9 Å². The SMILES string of the molecule is CC(CCO)CNC(=O)CN(C)Cc1ccccc1. The molecule has 4 heteroatoms. The molecule has 0 radical (unpaired) electrons. The number of hydrogen-bond acceptors (Lipinski definition) is 3. The molecule has 1 aromatic carbocycles. The van der Waals surface area contributed by atoms with Crippen molar-refractivity contribution in [2.45, 2.75) is 19.9 Å². The van der Waals surface area contributed by atoms with Gasteiger partial charge in [0.1, 0.15) is 0 Å². The van der Waals surface area contributed by atoms with Crippen LogP contribution in [0.5, 0.6) is 0 Å². The Morgan fingerprint density at radius 3 is 2.68 bits per heavy atom. The highest BCUT2D eigenvalue weighted by Gasteiger charge is 2.08. The van der Waals surface area contributed by atoms with E-state index >= 15 is 0 Å². The fraction of sp³-hybridized carbons (Fsp3) is 0.533. The van der Waals surface area contributed by atoms with E-state index in [-0.39, 0.29) is 12.5 Å². The molecule has 106 valence electrons. The van der Waals surface area contributed by atoms with Crippen molar-refractivity contribution in [3.63, 3.8) is 0 Å². The number of aliphatic hydroxyl groups excluding tert-OH is 1. The van der Waals surface area contributed by atoms with Gasteiger partial charge < -0.3 is 10.4 Å². The lowest BCUT2D eigenvalue weighted by Crippen LogP contribution is -2.37. The normalized spacial score (nSPS) is 12.4. The third-order valence-corrected chi connectivity index (χ3v) is 2.98. The Morgan fingerprint density at radius 2 is 2.05 bits per heavy atom. The smallest absolute Gasteiger partial charge is 0.234 e. The molecule has 0 spiro atoms. The standard InChI is InChI=1S/C15H24N2O2/c1-13(8-9-18)10-16-15(19)12-17(2)11-14-6-4-3-5-7-14/h3-7,13,18H,8-12H2,1-2H3,(H,16,19). The topological polar surface area (TPSA) is 52.6 Å². The van der Waals surface area contributed by atoms with Crippen molar-refractivity contribution >= 4 is 5.91 Å². The Bertz CT molecular complexity index is 368. The molecule has 2 N–H and O–H groups in total. The van der Waals surface area contributed by atoms with Crippen LogP contribution in [0.3, 0.4) is 0 Å². The molecule has 1 rings (SSSR count). The summed E-state index contributed by atoms with van der Waals surface area (Å²) in [6, 6.07) is 10.1. The summed E-state index contributed by atoms with van der Waals surface area (Å²) in [4.78, 5) is 13.7. The van der Waals surface area contributed by atoms with Gasteiger partial charge in [-0.2, -0.15) is 0 Å². The number of rotatable bonds is 8. The highest BCUT2D eigenvalue weighted by atomic mass is 16.3. The second-order valence-corrected chi connectivity index (χ2v) is 5.08. The van der Waals surface area contributed by atoms with Gasteiger partial charge in [-0.3, -0.25) is 9.69 Å². The van der Waals surface area contributed by atoms with E-state index in [2.05, 4.69) is 17.4 Å². The van der Waals surface area contributed by atoms with Crippen molar-refractivity contribution in [3.8, 4) is 0 Å². The van der Waals surface area contributed by atoms with Crippen LogP contribution in [0, 0.1) is 5.92 Å². The second kappa shape index (κ2) is 8.67. The molecule has 1 atom stereocenters. The van der Waals surface area contributed by atoms with Gasteiger partial charge in [-0.25, -0.2) is 0 Å². The maximum atomic E-state index is 11.7. The Morgan fingerprint density at radius 1 is 1.37 bits per heavy atom. The Hall–Kier alpha value is -1.39. The molecule has 0 aliphatic heterocycles. The highest BCUT2D eigenvalue weighted by molar-refractivity contribution is 5.77. The summed E-state index contributed by atoms with van der Waals surface area (Å²) < 4.78 is 0. The molecule has 4 nitrogen and oxygen atoms in total. The van der Waals surface area contributed by atoms with Gasteiger partial charge in [0.05, 0.1) is 6.54 Å². The number of aliphatic hydroxyl groups is 1. The van der Waals surface area contributed by atoms with Crippen LogP contribution in [-0.2, 0) is 11.3 Å². The van der Waals surface area contributed by atoms with Gasteiger partial charge in [0.2, 0.25) is 5.91 Å². The molecular weight excluding hydrogens is 240 g/mol. The third-order valence-electron chi connectivity index (χ3n) is 2.98. The number of carbonyl (C=O) groups is 1. The van der Waals surface area contributed by atoms with Crippen LogP contribution in [0.15, 0.2) is 30.3 Å². The van der Waals surface area contributed by atoms with Gasteiger partial charge in [-0.05, 0) is 24.9 Å². The molecule has 0 aromatic heterocycles. The Labute approximate surface area is 115 Å². The van der Waals surface area contributed by atoms with Crippen molar-refractivity contribution in [3.05, 3.63) is 35.9 Å². The molecule has 1 unspecified atom stereocenters. The van der Waals surface area contributed by atoms with Gasteiger partial charge in [-0.1, -0.05) is 37.3 Å². The minimum atomic E-state index is 0.0308. The molecule has 0 fully saturated rings. The lowest BCUT2D eigenvalue weighted by atomic mass is 10.1. The summed E-state index contributed by atoms with van der Waals surface area (Å²) in [7, 11) is 1.93. The van der Waals surface area contributed by atoms with E-state index < -0.39 is 0 Å². The molecule has 0 bridgehead atoms. The Kier molecular flexibility index (Phi) is 7.15. The minimum absolute atomic E-state index is 0.0308. The van der Waals surface area contributed by atoms with Gasteiger partial charge >= 0.3 is 0 Å². The van der Waals surface area contributed by atoms with Crippen LogP contribution in [0.2, 0.25) is 0 Å². The lowest BCUT2D eigenvalue weighted by molar-refractivity contribution is -0.122. The summed E-state index contributed by atoms with van der Waals surface area (Å²) in [5.41, 5.74) is 1.20. The minimum Gasteiger partial charge on any atom is -0.396 e. The van der Waals surface area contributed by atoms with E-state index in [0.29, 0.717) is 19.0 Å². The quantitative estimate of drug-likeness (QED) is 0.743. The van der Waals surface area contributed by atoms with Crippen LogP contribution >= 0.6 is 0 Å². The first-order valence-electron chi connectivity index (χ1n) is 6.72. The number of benzene rings is 1. The molecule has 0 saturated carbocycles. The van der Waals surface area contributed by atoms with Gasteiger partial charge in [-0.15, -0.1) is 0 Å². The van der Waals surface area contributed by atoms with Crippen molar-refractivity contribution in [1.29, 1.82) is 0 Å². The largest absolute Gasteiger partial charge is 0.396 e. The average molecular weight is 264 g/mol. The predicted molar refractivity (Wildman–Crippen MR) is 76.7 cm³/mol. The Balaban J connectivity index is 2.24. The first-order valence-corrected chi connectivity index (χ1v) is 6.72. The van der Waals surface area contributed by atoms with E-state index in [1.165, 1.54) is 5.56 Å². The summed E-state index contributed by atoms with van der Waals surface area (Å²) >= 11 is 0. The monoisotopic (exact) mass is 264 g/mol. The zero-order valence-corrected chi connectivity index (χ0v) is 11.8. The molecule has 0 aliphatic rings. The molecule has 0 saturated heterocycles. The van der Waals surface area contributed by atoms with Gasteiger partial charge in [0, 0.05) is 19.7 Å².